The van der Waals surface area contributed by atoms with E-state index in [2.05, 4.69) is 17.3 Å². The fraction of sp³-hybridized carbons (Fsp3) is 0.714. The van der Waals surface area contributed by atoms with Crippen molar-refractivity contribution in [2.24, 2.45) is 13.0 Å². The molecule has 1 atom stereocenters. The van der Waals surface area contributed by atoms with E-state index in [-0.39, 0.29) is 5.91 Å². The molecule has 1 unspecified atom stereocenters. The Balaban J connectivity index is 2.58. The van der Waals surface area contributed by atoms with Crippen molar-refractivity contribution >= 4 is 17.5 Å². The van der Waals surface area contributed by atoms with Gasteiger partial charge in [-0.05, 0) is 25.2 Å². The van der Waals surface area contributed by atoms with Crippen molar-refractivity contribution in [2.45, 2.75) is 39.5 Å². The molecule has 0 bridgehead atoms. The molecule has 0 radical (unpaired) electrons. The lowest BCUT2D eigenvalue weighted by Gasteiger charge is -2.15. The third-order valence-electron chi connectivity index (χ3n) is 3.25. The fourth-order valence-electron chi connectivity index (χ4n) is 2.23. The quantitative estimate of drug-likeness (QED) is 0.747. The van der Waals surface area contributed by atoms with E-state index in [1.165, 1.54) is 0 Å². The number of alkyl halides is 1. The second-order valence-electron chi connectivity index (χ2n) is 4.86. The van der Waals surface area contributed by atoms with Gasteiger partial charge in [-0.25, -0.2) is 0 Å². The monoisotopic (exact) mass is 285 g/mol. The molecule has 0 aromatic carbocycles. The zero-order valence-corrected chi connectivity index (χ0v) is 12.8. The Hall–Kier alpha value is -1.03. The highest BCUT2D eigenvalue weighted by Gasteiger charge is 2.15. The number of halogens is 1. The number of amides is 1. The van der Waals surface area contributed by atoms with Gasteiger partial charge < -0.3 is 5.32 Å². The Morgan fingerprint density at radius 1 is 1.47 bits per heavy atom. The number of rotatable bonds is 8. The van der Waals surface area contributed by atoms with Crippen LogP contribution in [0.1, 0.15) is 49.2 Å². The summed E-state index contributed by atoms with van der Waals surface area (Å²) >= 11 is 5.79. The van der Waals surface area contributed by atoms with Crippen LogP contribution in [0.3, 0.4) is 0 Å². The number of hydrogen-bond acceptors (Lipinski definition) is 2. The molecule has 1 N–H and O–H groups in total. The van der Waals surface area contributed by atoms with Gasteiger partial charge in [0, 0.05) is 25.7 Å². The molecule has 108 valence electrons. The molecule has 4 nitrogen and oxygen atoms in total. The maximum atomic E-state index is 12.2. The average Bonchev–Trinajstić information content (AvgIpc) is 2.77. The van der Waals surface area contributed by atoms with Gasteiger partial charge in [-0.1, -0.05) is 20.3 Å². The first-order valence-electron chi connectivity index (χ1n) is 6.99. The lowest BCUT2D eigenvalue weighted by molar-refractivity contribution is 0.0945. The number of carbonyl (C=O) groups excluding carboxylic acids is 1. The topological polar surface area (TPSA) is 46.9 Å². The lowest BCUT2D eigenvalue weighted by atomic mass is 10.0. The van der Waals surface area contributed by atoms with Crippen molar-refractivity contribution in [1.29, 1.82) is 0 Å². The van der Waals surface area contributed by atoms with Crippen molar-refractivity contribution in [1.82, 2.24) is 15.1 Å². The average molecular weight is 286 g/mol. The zero-order valence-electron chi connectivity index (χ0n) is 12.1. The summed E-state index contributed by atoms with van der Waals surface area (Å²) in [6.45, 7) is 4.85. The van der Waals surface area contributed by atoms with E-state index in [9.17, 15) is 4.79 Å². The van der Waals surface area contributed by atoms with Crippen LogP contribution in [0.25, 0.3) is 0 Å². The molecular formula is C14H24ClN3O. The Morgan fingerprint density at radius 3 is 2.79 bits per heavy atom. The molecule has 0 spiro atoms. The number of aryl methyl sites for hydroxylation is 2. The number of nitrogens with zero attached hydrogens (tertiary/aromatic N) is 2. The molecule has 0 aliphatic carbocycles. The normalized spacial score (nSPS) is 12.4. The molecule has 1 aromatic rings. The van der Waals surface area contributed by atoms with Crippen LogP contribution in [-0.4, -0.2) is 28.1 Å². The Bertz CT molecular complexity index is 397. The molecule has 0 aliphatic heterocycles. The third kappa shape index (κ3) is 4.86. The highest BCUT2D eigenvalue weighted by molar-refractivity contribution is 6.17. The molecule has 0 aliphatic rings. The van der Waals surface area contributed by atoms with Crippen molar-refractivity contribution in [3.05, 3.63) is 17.5 Å². The van der Waals surface area contributed by atoms with E-state index in [1.807, 2.05) is 14.0 Å². The minimum atomic E-state index is -0.0272. The number of nitrogens with one attached hydrogen (secondary N) is 1. The number of aromatic nitrogens is 2. The number of carbonyl (C=O) groups is 1. The first-order valence-corrected chi connectivity index (χ1v) is 7.52. The SMILES string of the molecule is CCCC(CCCl)CNC(=O)c1cn(C)nc1CC. The molecule has 0 fully saturated rings. The molecule has 1 aromatic heterocycles. The smallest absolute Gasteiger partial charge is 0.254 e. The molecular weight excluding hydrogens is 262 g/mol. The second kappa shape index (κ2) is 8.20. The van der Waals surface area contributed by atoms with Crippen molar-refractivity contribution in [3.8, 4) is 0 Å². The zero-order chi connectivity index (χ0) is 14.3. The summed E-state index contributed by atoms with van der Waals surface area (Å²) in [6.07, 6.45) is 5.71. The fourth-order valence-corrected chi connectivity index (χ4v) is 2.54. The largest absolute Gasteiger partial charge is 0.352 e. The Kier molecular flexibility index (Phi) is 6.92. The van der Waals surface area contributed by atoms with E-state index < -0.39 is 0 Å². The van der Waals surface area contributed by atoms with Crippen LogP contribution in [0.4, 0.5) is 0 Å². The lowest BCUT2D eigenvalue weighted by Crippen LogP contribution is -2.30. The van der Waals surface area contributed by atoms with Gasteiger partial charge in [0.2, 0.25) is 0 Å². The van der Waals surface area contributed by atoms with Crippen LogP contribution in [-0.2, 0) is 13.5 Å². The van der Waals surface area contributed by atoms with Gasteiger partial charge in [0.05, 0.1) is 11.3 Å². The maximum Gasteiger partial charge on any atom is 0.254 e. The van der Waals surface area contributed by atoms with E-state index in [0.29, 0.717) is 23.9 Å². The van der Waals surface area contributed by atoms with E-state index in [4.69, 9.17) is 11.6 Å². The summed E-state index contributed by atoms with van der Waals surface area (Å²) < 4.78 is 1.69. The van der Waals surface area contributed by atoms with Gasteiger partial charge in [-0.2, -0.15) is 5.10 Å². The van der Waals surface area contributed by atoms with Crippen molar-refractivity contribution in [2.75, 3.05) is 12.4 Å². The van der Waals surface area contributed by atoms with Crippen LogP contribution in [0.5, 0.6) is 0 Å². The predicted molar refractivity (Wildman–Crippen MR) is 78.7 cm³/mol. The maximum absolute atomic E-state index is 12.2. The van der Waals surface area contributed by atoms with Crippen LogP contribution in [0.15, 0.2) is 6.20 Å². The van der Waals surface area contributed by atoms with Crippen molar-refractivity contribution in [3.63, 3.8) is 0 Å². The summed E-state index contributed by atoms with van der Waals surface area (Å²) in [6, 6.07) is 0. The van der Waals surface area contributed by atoms with E-state index >= 15 is 0 Å². The first kappa shape index (κ1) is 16.0. The first-order chi connectivity index (χ1) is 9.12. The molecule has 0 saturated carbocycles. The molecule has 0 saturated heterocycles. The minimum Gasteiger partial charge on any atom is -0.352 e. The molecule has 19 heavy (non-hydrogen) atoms. The molecule has 1 heterocycles. The predicted octanol–water partition coefficient (Wildman–Crippen LogP) is 2.76. The summed E-state index contributed by atoms with van der Waals surface area (Å²) in [4.78, 5) is 12.2. The third-order valence-corrected chi connectivity index (χ3v) is 3.47. The highest BCUT2D eigenvalue weighted by atomic mass is 35.5. The minimum absolute atomic E-state index is 0.0272. The van der Waals surface area contributed by atoms with Crippen LogP contribution in [0, 0.1) is 5.92 Å². The van der Waals surface area contributed by atoms with Gasteiger partial charge >= 0.3 is 0 Å². The van der Waals surface area contributed by atoms with Gasteiger partial charge in [0.1, 0.15) is 0 Å². The standard InChI is InChI=1S/C14H24ClN3O/c1-4-6-11(7-8-15)9-16-14(19)12-10-18(3)17-13(12)5-2/h10-11H,4-9H2,1-3H3,(H,16,19). The van der Waals surface area contributed by atoms with E-state index in [1.54, 1.807) is 10.9 Å². The summed E-state index contributed by atoms with van der Waals surface area (Å²) in [5, 5.41) is 7.29. The summed E-state index contributed by atoms with van der Waals surface area (Å²) in [5.41, 5.74) is 1.54. The second-order valence-corrected chi connectivity index (χ2v) is 5.24. The van der Waals surface area contributed by atoms with Gasteiger partial charge in [0.15, 0.2) is 0 Å². The Labute approximate surface area is 120 Å². The van der Waals surface area contributed by atoms with Gasteiger partial charge in [-0.3, -0.25) is 9.48 Å². The van der Waals surface area contributed by atoms with Crippen LogP contribution in [0.2, 0.25) is 0 Å². The van der Waals surface area contributed by atoms with E-state index in [0.717, 1.165) is 31.4 Å². The van der Waals surface area contributed by atoms with Crippen LogP contribution < -0.4 is 5.32 Å². The molecule has 5 heteroatoms. The van der Waals surface area contributed by atoms with Gasteiger partial charge in [-0.15, -0.1) is 11.6 Å². The summed E-state index contributed by atoms with van der Waals surface area (Å²) in [7, 11) is 1.84. The number of hydrogen-bond donors (Lipinski definition) is 1. The highest BCUT2D eigenvalue weighted by Crippen LogP contribution is 2.12. The Morgan fingerprint density at radius 2 is 2.21 bits per heavy atom. The summed E-state index contributed by atoms with van der Waals surface area (Å²) in [5.74, 6) is 1.09. The van der Waals surface area contributed by atoms with Crippen LogP contribution >= 0.6 is 11.6 Å². The molecule has 1 amide bonds. The van der Waals surface area contributed by atoms with Gasteiger partial charge in [0.25, 0.3) is 5.91 Å². The van der Waals surface area contributed by atoms with Crippen molar-refractivity contribution < 1.29 is 4.79 Å². The molecule has 1 rings (SSSR count).